The molecule has 0 aliphatic heterocycles. The van der Waals surface area contributed by atoms with Gasteiger partial charge >= 0.3 is 5.97 Å². The molecule has 0 amide bonds. The van der Waals surface area contributed by atoms with Crippen LogP contribution in [0, 0.1) is 17.3 Å². The third kappa shape index (κ3) is 7.57. The molecule has 2 saturated carbocycles. The van der Waals surface area contributed by atoms with E-state index in [1.54, 1.807) is 0 Å². The second kappa shape index (κ2) is 13.2. The molecule has 2 N–H and O–H groups in total. The molecule has 0 radical (unpaired) electrons. The maximum atomic E-state index is 12.4. The zero-order chi connectivity index (χ0) is 22.7. The minimum Gasteiger partial charge on any atom is -0.469 e. The summed E-state index contributed by atoms with van der Waals surface area (Å²) >= 11 is 0. The molecule has 5 nitrogen and oxygen atoms in total. The SMILES string of the molecule is CCCCCC1(C(O)C/C=C/[C@H]2[C@H](O)CC(=O)[C@@H]2C/C=C\CCCC(=O)OC)CCC1. The molecule has 0 heterocycles. The minimum atomic E-state index is -0.638. The van der Waals surface area contributed by atoms with Crippen LogP contribution in [0.25, 0.3) is 0 Å². The molecule has 2 aliphatic carbocycles. The Morgan fingerprint density at radius 2 is 2.00 bits per heavy atom. The van der Waals surface area contributed by atoms with Crippen molar-refractivity contribution < 1.29 is 24.5 Å². The van der Waals surface area contributed by atoms with Gasteiger partial charge < -0.3 is 14.9 Å². The number of methoxy groups -OCH3 is 1. The van der Waals surface area contributed by atoms with E-state index in [9.17, 15) is 19.8 Å². The fourth-order valence-electron chi connectivity index (χ4n) is 5.08. The molecule has 0 aromatic rings. The second-order valence-corrected chi connectivity index (χ2v) is 9.45. The van der Waals surface area contributed by atoms with Crippen molar-refractivity contribution in [1.82, 2.24) is 0 Å². The van der Waals surface area contributed by atoms with Crippen LogP contribution in [0.1, 0.15) is 90.4 Å². The van der Waals surface area contributed by atoms with Crippen LogP contribution in [0.15, 0.2) is 24.3 Å². The number of Topliss-reactive ketones (excluding diaryl/α,β-unsaturated/α-hetero) is 1. The summed E-state index contributed by atoms with van der Waals surface area (Å²) in [5.74, 6) is -0.486. The standard InChI is InChI=1S/C26H42O5/c1-3-4-9-16-26(17-11-18-26)24(29)14-10-13-21-20(22(27)19-23(21)28)12-7-5-6-8-15-25(30)31-2/h5,7,10,13,20-21,23-24,28-29H,3-4,6,8-9,11-12,14-19H2,1-2H3/b7-5-,13-10+/t20-,21-,23-,24?/m1/s1. The molecule has 0 aromatic carbocycles. The smallest absolute Gasteiger partial charge is 0.305 e. The summed E-state index contributed by atoms with van der Waals surface area (Å²) in [7, 11) is 1.39. The summed E-state index contributed by atoms with van der Waals surface area (Å²) in [6.45, 7) is 2.20. The maximum Gasteiger partial charge on any atom is 0.305 e. The average molecular weight is 435 g/mol. The Balaban J connectivity index is 1.83. The molecule has 5 heteroatoms. The van der Waals surface area contributed by atoms with Crippen LogP contribution in [0.4, 0.5) is 0 Å². The number of hydrogen-bond donors (Lipinski definition) is 2. The van der Waals surface area contributed by atoms with Gasteiger partial charge in [-0.1, -0.05) is 56.9 Å². The van der Waals surface area contributed by atoms with Crippen LogP contribution in [-0.2, 0) is 14.3 Å². The molecule has 0 spiro atoms. The molecule has 2 aliphatic rings. The molecule has 2 rings (SSSR count). The molecule has 0 bridgehead atoms. The highest BCUT2D eigenvalue weighted by Gasteiger charge is 2.42. The number of rotatable bonds is 14. The van der Waals surface area contributed by atoms with E-state index >= 15 is 0 Å². The summed E-state index contributed by atoms with van der Waals surface area (Å²) < 4.78 is 4.63. The van der Waals surface area contributed by atoms with Gasteiger partial charge in [-0.15, -0.1) is 0 Å². The van der Waals surface area contributed by atoms with Gasteiger partial charge in [0.25, 0.3) is 0 Å². The Labute approximate surface area is 187 Å². The van der Waals surface area contributed by atoms with Gasteiger partial charge in [0.2, 0.25) is 0 Å². The fourth-order valence-corrected chi connectivity index (χ4v) is 5.08. The lowest BCUT2D eigenvalue weighted by atomic mass is 9.61. The van der Waals surface area contributed by atoms with Gasteiger partial charge in [-0.2, -0.15) is 0 Å². The Hall–Kier alpha value is -1.46. The highest BCUT2D eigenvalue weighted by atomic mass is 16.5. The monoisotopic (exact) mass is 434 g/mol. The van der Waals surface area contributed by atoms with Crippen LogP contribution in [0.5, 0.6) is 0 Å². The molecule has 0 aromatic heterocycles. The van der Waals surface area contributed by atoms with Gasteiger partial charge in [0, 0.05) is 24.7 Å². The van der Waals surface area contributed by atoms with E-state index in [1.807, 2.05) is 24.3 Å². The van der Waals surface area contributed by atoms with Crippen LogP contribution in [0.2, 0.25) is 0 Å². The predicted octanol–water partition coefficient (Wildman–Crippen LogP) is 4.90. The van der Waals surface area contributed by atoms with Crippen LogP contribution in [-0.4, -0.2) is 41.3 Å². The Morgan fingerprint density at radius 3 is 2.65 bits per heavy atom. The van der Waals surface area contributed by atoms with E-state index < -0.39 is 6.10 Å². The van der Waals surface area contributed by atoms with E-state index in [1.165, 1.54) is 32.8 Å². The molecular formula is C26H42O5. The minimum absolute atomic E-state index is 0.0793. The highest BCUT2D eigenvalue weighted by molar-refractivity contribution is 5.84. The summed E-state index contributed by atoms with van der Waals surface area (Å²) in [5.41, 5.74) is 0.0793. The van der Waals surface area contributed by atoms with E-state index in [4.69, 9.17) is 0 Å². The number of hydrogen-bond acceptors (Lipinski definition) is 5. The van der Waals surface area contributed by atoms with Crippen molar-refractivity contribution in [2.45, 2.75) is 103 Å². The number of ketones is 1. The van der Waals surface area contributed by atoms with E-state index in [0.717, 1.165) is 32.1 Å². The van der Waals surface area contributed by atoms with Gasteiger partial charge in [0.15, 0.2) is 0 Å². The summed E-state index contributed by atoms with van der Waals surface area (Å²) in [6.07, 6.45) is 18.4. The molecule has 0 saturated heterocycles. The van der Waals surface area contributed by atoms with Crippen molar-refractivity contribution in [3.63, 3.8) is 0 Å². The summed E-state index contributed by atoms with van der Waals surface area (Å²) in [5, 5.41) is 21.2. The molecular weight excluding hydrogens is 392 g/mol. The number of allylic oxidation sites excluding steroid dienone is 2. The second-order valence-electron chi connectivity index (χ2n) is 9.45. The van der Waals surface area contributed by atoms with Gasteiger partial charge in [-0.05, 0) is 50.4 Å². The Kier molecular flexibility index (Phi) is 11.0. The molecule has 1 unspecified atom stereocenters. The topological polar surface area (TPSA) is 83.8 Å². The van der Waals surface area contributed by atoms with Crippen molar-refractivity contribution in [1.29, 1.82) is 0 Å². The number of carbonyl (C=O) groups is 2. The zero-order valence-corrected chi connectivity index (χ0v) is 19.4. The predicted molar refractivity (Wildman–Crippen MR) is 122 cm³/mol. The first-order valence-electron chi connectivity index (χ1n) is 12.2. The fraction of sp³-hybridized carbons (Fsp3) is 0.769. The normalized spacial score (nSPS) is 26.5. The van der Waals surface area contributed by atoms with Crippen molar-refractivity contribution in [2.75, 3.05) is 7.11 Å². The molecule has 176 valence electrons. The van der Waals surface area contributed by atoms with Gasteiger partial charge in [0.1, 0.15) is 5.78 Å². The number of aliphatic hydroxyl groups is 2. The Morgan fingerprint density at radius 1 is 1.23 bits per heavy atom. The largest absolute Gasteiger partial charge is 0.469 e. The highest BCUT2D eigenvalue weighted by Crippen LogP contribution is 2.49. The first kappa shape index (κ1) is 25.8. The van der Waals surface area contributed by atoms with Crippen molar-refractivity contribution in [3.05, 3.63) is 24.3 Å². The Bertz CT molecular complexity index is 619. The van der Waals surface area contributed by atoms with Gasteiger partial charge in [-0.25, -0.2) is 0 Å². The number of carbonyl (C=O) groups excluding carboxylic acids is 2. The van der Waals surface area contributed by atoms with Crippen molar-refractivity contribution in [2.24, 2.45) is 17.3 Å². The average Bonchev–Trinajstić information content (AvgIpc) is 2.99. The van der Waals surface area contributed by atoms with Crippen LogP contribution >= 0.6 is 0 Å². The first-order valence-corrected chi connectivity index (χ1v) is 12.2. The molecule has 4 atom stereocenters. The zero-order valence-electron chi connectivity index (χ0n) is 19.4. The third-order valence-corrected chi connectivity index (χ3v) is 7.32. The van der Waals surface area contributed by atoms with Gasteiger partial charge in [-0.3, -0.25) is 9.59 Å². The number of unbranched alkanes of at least 4 members (excludes halogenated alkanes) is 3. The van der Waals surface area contributed by atoms with E-state index in [-0.39, 0.29) is 41.5 Å². The molecule has 31 heavy (non-hydrogen) atoms. The third-order valence-electron chi connectivity index (χ3n) is 7.32. The quantitative estimate of drug-likeness (QED) is 0.231. The van der Waals surface area contributed by atoms with Gasteiger partial charge in [0.05, 0.1) is 19.3 Å². The number of ether oxygens (including phenoxy) is 1. The number of esters is 1. The lowest BCUT2D eigenvalue weighted by molar-refractivity contribution is -0.140. The first-order chi connectivity index (χ1) is 14.9. The molecule has 2 fully saturated rings. The van der Waals surface area contributed by atoms with Crippen LogP contribution < -0.4 is 0 Å². The lowest BCUT2D eigenvalue weighted by Gasteiger charge is -2.46. The van der Waals surface area contributed by atoms with Crippen LogP contribution in [0.3, 0.4) is 0 Å². The maximum absolute atomic E-state index is 12.4. The van der Waals surface area contributed by atoms with E-state index in [2.05, 4.69) is 11.7 Å². The lowest BCUT2D eigenvalue weighted by Crippen LogP contribution is -2.41. The van der Waals surface area contributed by atoms with Crippen molar-refractivity contribution in [3.8, 4) is 0 Å². The summed E-state index contributed by atoms with van der Waals surface area (Å²) in [6, 6.07) is 0. The van der Waals surface area contributed by atoms with E-state index in [0.29, 0.717) is 19.3 Å². The summed E-state index contributed by atoms with van der Waals surface area (Å²) in [4.78, 5) is 23.5. The number of aliphatic hydroxyl groups excluding tert-OH is 2. The van der Waals surface area contributed by atoms with Crippen molar-refractivity contribution >= 4 is 11.8 Å².